The van der Waals surface area contributed by atoms with Gasteiger partial charge < -0.3 is 8.98 Å². The van der Waals surface area contributed by atoms with Crippen molar-refractivity contribution in [2.45, 2.75) is 0 Å². The zero-order valence-corrected chi connectivity index (χ0v) is 24.7. The summed E-state index contributed by atoms with van der Waals surface area (Å²) in [6.45, 7) is 0. The lowest BCUT2D eigenvalue weighted by molar-refractivity contribution is 0.671. The molecule has 0 fully saturated rings. The number of furan rings is 1. The summed E-state index contributed by atoms with van der Waals surface area (Å²) in [7, 11) is 0. The maximum Gasteiger partial charge on any atom is 0.143 e. The van der Waals surface area contributed by atoms with E-state index in [0.717, 1.165) is 71.5 Å². The average molecular weight is 588 g/mol. The van der Waals surface area contributed by atoms with Gasteiger partial charge in [0.05, 0.1) is 22.9 Å². The van der Waals surface area contributed by atoms with Crippen molar-refractivity contribution in [3.8, 4) is 27.9 Å². The third-order valence-electron chi connectivity index (χ3n) is 9.37. The number of hydrogen-bond donors (Lipinski definition) is 0. The van der Waals surface area contributed by atoms with Gasteiger partial charge in [-0.25, -0.2) is 0 Å². The minimum Gasteiger partial charge on any atom is -0.455 e. The van der Waals surface area contributed by atoms with E-state index in [0.29, 0.717) is 0 Å². The van der Waals surface area contributed by atoms with E-state index in [4.69, 9.17) is 4.42 Å². The standard InChI is InChI=1S/C42H25N3O/c1-2-12-28-26(9-1)10-5-15-29(28)32-16-6-17-33-34-18-7-19-35(42(34)46-41(32)33)36-23-37-38-25-44-22-20-39(38)45(27-11-8-21-43-24-27)40(37)31-14-4-3-13-30(31)36/h1-25H. The molecule has 0 bridgehead atoms. The van der Waals surface area contributed by atoms with E-state index in [9.17, 15) is 0 Å². The second-order valence-electron chi connectivity index (χ2n) is 11.8. The van der Waals surface area contributed by atoms with Gasteiger partial charge in [0.1, 0.15) is 11.2 Å². The van der Waals surface area contributed by atoms with Crippen molar-refractivity contribution in [3.63, 3.8) is 0 Å². The summed E-state index contributed by atoms with van der Waals surface area (Å²) >= 11 is 0. The number of benzene rings is 6. The molecule has 0 N–H and O–H groups in total. The van der Waals surface area contributed by atoms with Crippen LogP contribution in [0.2, 0.25) is 0 Å². The number of fused-ring (bicyclic) bond motifs is 9. The van der Waals surface area contributed by atoms with Gasteiger partial charge in [-0.05, 0) is 51.6 Å². The summed E-state index contributed by atoms with van der Waals surface area (Å²) in [6.07, 6.45) is 7.57. The van der Waals surface area contributed by atoms with Crippen molar-refractivity contribution in [3.05, 3.63) is 152 Å². The maximum atomic E-state index is 6.97. The fourth-order valence-corrected chi connectivity index (χ4v) is 7.40. The summed E-state index contributed by atoms with van der Waals surface area (Å²) in [5.41, 5.74) is 9.54. The van der Waals surface area contributed by atoms with Gasteiger partial charge in [0, 0.05) is 56.6 Å². The monoisotopic (exact) mass is 587 g/mol. The Morgan fingerprint density at radius 2 is 1.09 bits per heavy atom. The molecule has 0 aliphatic heterocycles. The van der Waals surface area contributed by atoms with Crippen LogP contribution >= 0.6 is 0 Å². The van der Waals surface area contributed by atoms with Crippen molar-refractivity contribution in [1.82, 2.24) is 14.5 Å². The molecule has 0 aliphatic rings. The van der Waals surface area contributed by atoms with Gasteiger partial charge in [0.25, 0.3) is 0 Å². The molecule has 4 heteroatoms. The highest BCUT2D eigenvalue weighted by atomic mass is 16.3. The lowest BCUT2D eigenvalue weighted by Crippen LogP contribution is -1.95. The Morgan fingerprint density at radius 1 is 0.435 bits per heavy atom. The molecule has 0 radical (unpaired) electrons. The van der Waals surface area contributed by atoms with Gasteiger partial charge in [-0.3, -0.25) is 9.97 Å². The van der Waals surface area contributed by atoms with E-state index in [-0.39, 0.29) is 0 Å². The molecule has 10 aromatic rings. The first-order chi connectivity index (χ1) is 22.8. The van der Waals surface area contributed by atoms with Crippen LogP contribution in [-0.2, 0) is 0 Å². The molecule has 0 saturated carbocycles. The number of nitrogens with zero attached hydrogens (tertiary/aromatic N) is 3. The van der Waals surface area contributed by atoms with Crippen molar-refractivity contribution in [2.24, 2.45) is 0 Å². The first kappa shape index (κ1) is 25.1. The molecule has 10 rings (SSSR count). The summed E-state index contributed by atoms with van der Waals surface area (Å²) in [5, 5.41) is 9.23. The van der Waals surface area contributed by atoms with E-state index in [1.165, 1.54) is 21.7 Å². The lowest BCUT2D eigenvalue weighted by atomic mass is 9.93. The summed E-state index contributed by atoms with van der Waals surface area (Å²) in [6, 6.07) is 45.2. The van der Waals surface area contributed by atoms with Crippen LogP contribution in [0, 0.1) is 0 Å². The SMILES string of the molecule is c1cncc(-n2c3ccncc3c3cc(-c4cccc5c4oc4c(-c6cccc7ccccc67)cccc45)c4ccccc4c32)c1. The lowest BCUT2D eigenvalue weighted by Gasteiger charge is -2.12. The Balaban J connectivity index is 1.30. The number of aromatic nitrogens is 3. The Labute approximate surface area is 263 Å². The van der Waals surface area contributed by atoms with Gasteiger partial charge in [0.2, 0.25) is 0 Å². The fraction of sp³-hybridized carbons (Fsp3) is 0. The van der Waals surface area contributed by atoms with E-state index in [1.54, 1.807) is 0 Å². The normalized spacial score (nSPS) is 11.9. The molecule has 6 aromatic carbocycles. The first-order valence-electron chi connectivity index (χ1n) is 15.5. The van der Waals surface area contributed by atoms with Crippen LogP contribution < -0.4 is 0 Å². The maximum absolute atomic E-state index is 6.97. The Morgan fingerprint density at radius 3 is 1.89 bits per heavy atom. The zero-order chi connectivity index (χ0) is 30.2. The van der Waals surface area contributed by atoms with Gasteiger partial charge in [0.15, 0.2) is 0 Å². The Kier molecular flexibility index (Phi) is 5.25. The summed E-state index contributed by atoms with van der Waals surface area (Å²) < 4.78 is 9.28. The molecule has 0 atom stereocenters. The van der Waals surface area contributed by atoms with E-state index in [1.807, 2.05) is 30.9 Å². The number of hydrogen-bond acceptors (Lipinski definition) is 3. The molecule has 46 heavy (non-hydrogen) atoms. The Hall–Kier alpha value is -6.26. The molecule has 0 amide bonds. The molecule has 4 nitrogen and oxygen atoms in total. The first-order valence-corrected chi connectivity index (χ1v) is 15.5. The molecule has 0 saturated heterocycles. The van der Waals surface area contributed by atoms with Crippen LogP contribution in [0.15, 0.2) is 157 Å². The highest BCUT2D eigenvalue weighted by Gasteiger charge is 2.21. The topological polar surface area (TPSA) is 43.9 Å². The number of para-hydroxylation sites is 2. The molecular formula is C42H25N3O. The second-order valence-corrected chi connectivity index (χ2v) is 11.8. The van der Waals surface area contributed by atoms with Crippen LogP contribution in [0.1, 0.15) is 0 Å². The van der Waals surface area contributed by atoms with Crippen LogP contribution in [-0.4, -0.2) is 14.5 Å². The average Bonchev–Trinajstić information content (AvgIpc) is 3.68. The van der Waals surface area contributed by atoms with Gasteiger partial charge in [-0.2, -0.15) is 0 Å². The third-order valence-corrected chi connectivity index (χ3v) is 9.37. The highest BCUT2D eigenvalue weighted by Crippen LogP contribution is 2.45. The summed E-state index contributed by atoms with van der Waals surface area (Å²) in [4.78, 5) is 8.99. The molecule has 0 aliphatic carbocycles. The van der Waals surface area contributed by atoms with E-state index in [2.05, 4.69) is 136 Å². The number of rotatable bonds is 3. The molecule has 0 unspecified atom stereocenters. The van der Waals surface area contributed by atoms with E-state index < -0.39 is 0 Å². The molecule has 0 spiro atoms. The highest BCUT2D eigenvalue weighted by molar-refractivity contribution is 6.24. The molecular weight excluding hydrogens is 562 g/mol. The van der Waals surface area contributed by atoms with Gasteiger partial charge >= 0.3 is 0 Å². The van der Waals surface area contributed by atoms with Crippen LogP contribution in [0.5, 0.6) is 0 Å². The zero-order valence-electron chi connectivity index (χ0n) is 24.7. The third kappa shape index (κ3) is 3.49. The van der Waals surface area contributed by atoms with Crippen LogP contribution in [0.3, 0.4) is 0 Å². The van der Waals surface area contributed by atoms with Crippen molar-refractivity contribution in [1.29, 1.82) is 0 Å². The minimum atomic E-state index is 0.892. The summed E-state index contributed by atoms with van der Waals surface area (Å²) in [5.74, 6) is 0. The van der Waals surface area contributed by atoms with Crippen molar-refractivity contribution < 1.29 is 4.42 Å². The van der Waals surface area contributed by atoms with Gasteiger partial charge in [-0.15, -0.1) is 0 Å². The second kappa shape index (κ2) is 9.62. The quantitative estimate of drug-likeness (QED) is 0.207. The molecule has 4 aromatic heterocycles. The van der Waals surface area contributed by atoms with Crippen LogP contribution in [0.4, 0.5) is 0 Å². The largest absolute Gasteiger partial charge is 0.455 e. The van der Waals surface area contributed by atoms with Crippen molar-refractivity contribution >= 4 is 65.3 Å². The smallest absolute Gasteiger partial charge is 0.143 e. The van der Waals surface area contributed by atoms with Gasteiger partial charge in [-0.1, -0.05) is 103 Å². The molecule has 214 valence electrons. The predicted molar refractivity (Wildman–Crippen MR) is 190 cm³/mol. The van der Waals surface area contributed by atoms with Crippen LogP contribution in [0.25, 0.3) is 93.2 Å². The number of pyridine rings is 2. The van der Waals surface area contributed by atoms with E-state index >= 15 is 0 Å². The Bertz CT molecular complexity index is 2800. The minimum absolute atomic E-state index is 0.892. The van der Waals surface area contributed by atoms with Crippen molar-refractivity contribution in [2.75, 3.05) is 0 Å². The predicted octanol–water partition coefficient (Wildman–Crippen LogP) is 11.1. The molecule has 4 heterocycles. The fourth-order valence-electron chi connectivity index (χ4n) is 7.40.